The first kappa shape index (κ1) is 10.9. The summed E-state index contributed by atoms with van der Waals surface area (Å²) in [5, 5.41) is 19.1. The number of hydrogen-bond donors (Lipinski definition) is 2. The van der Waals surface area contributed by atoms with E-state index in [0.29, 0.717) is 11.2 Å². The average Bonchev–Trinajstić information content (AvgIpc) is 2.56. The Labute approximate surface area is 93.3 Å². The summed E-state index contributed by atoms with van der Waals surface area (Å²) in [5.41, 5.74) is 1.79. The Balaban J connectivity index is 2.80. The molecule has 2 aromatic rings. The standard InChI is InChI=1S/C11H12BNO3/c1-7(14)8-4-3-5-10-9(8)6-11(12(15)16)13(10)2/h3-6,15-16H,1-2H3. The molecule has 1 heterocycles. The molecule has 4 nitrogen and oxygen atoms in total. The molecule has 0 radical (unpaired) electrons. The quantitative estimate of drug-likeness (QED) is 0.552. The zero-order valence-electron chi connectivity index (χ0n) is 9.14. The van der Waals surface area contributed by atoms with E-state index in [2.05, 4.69) is 0 Å². The summed E-state index contributed by atoms with van der Waals surface area (Å²) in [6, 6.07) is 7.00. The fourth-order valence-corrected chi connectivity index (χ4v) is 1.94. The summed E-state index contributed by atoms with van der Waals surface area (Å²) >= 11 is 0. The van der Waals surface area contributed by atoms with Crippen LogP contribution in [0, 0.1) is 0 Å². The number of nitrogens with zero attached hydrogens (tertiary/aromatic N) is 1. The van der Waals surface area contributed by atoms with Gasteiger partial charge in [-0.3, -0.25) is 4.79 Å². The smallest absolute Gasteiger partial charge is 0.422 e. The van der Waals surface area contributed by atoms with Crippen LogP contribution in [0.5, 0.6) is 0 Å². The summed E-state index contributed by atoms with van der Waals surface area (Å²) in [6.45, 7) is 1.50. The second-order valence-corrected chi connectivity index (χ2v) is 3.80. The van der Waals surface area contributed by atoms with Crippen molar-refractivity contribution < 1.29 is 14.8 Å². The predicted octanol–water partition coefficient (Wildman–Crippen LogP) is 0.0607. The van der Waals surface area contributed by atoms with E-state index in [0.717, 1.165) is 10.9 Å². The van der Waals surface area contributed by atoms with Crippen molar-refractivity contribution in [2.24, 2.45) is 7.05 Å². The lowest BCUT2D eigenvalue weighted by atomic mass is 9.86. The van der Waals surface area contributed by atoms with Gasteiger partial charge >= 0.3 is 7.12 Å². The molecule has 0 saturated carbocycles. The lowest BCUT2D eigenvalue weighted by Crippen LogP contribution is -2.34. The van der Waals surface area contributed by atoms with E-state index in [4.69, 9.17) is 0 Å². The summed E-state index contributed by atoms with van der Waals surface area (Å²) in [5.74, 6) is -0.0322. The highest BCUT2D eigenvalue weighted by atomic mass is 16.4. The van der Waals surface area contributed by atoms with E-state index in [-0.39, 0.29) is 5.78 Å². The third kappa shape index (κ3) is 1.54. The second kappa shape index (κ2) is 3.77. The van der Waals surface area contributed by atoms with Crippen LogP contribution < -0.4 is 5.59 Å². The number of Topliss-reactive ketones (excluding diaryl/α,β-unsaturated/α-hetero) is 1. The van der Waals surface area contributed by atoms with Crippen molar-refractivity contribution in [1.29, 1.82) is 0 Å². The van der Waals surface area contributed by atoms with Gasteiger partial charge in [0.05, 0.1) is 0 Å². The topological polar surface area (TPSA) is 62.5 Å². The summed E-state index contributed by atoms with van der Waals surface area (Å²) in [6.07, 6.45) is 0. The molecule has 0 unspecified atom stereocenters. The van der Waals surface area contributed by atoms with Gasteiger partial charge in [0.15, 0.2) is 5.78 Å². The van der Waals surface area contributed by atoms with Crippen LogP contribution >= 0.6 is 0 Å². The molecule has 0 saturated heterocycles. The fourth-order valence-electron chi connectivity index (χ4n) is 1.94. The van der Waals surface area contributed by atoms with Crippen molar-refractivity contribution in [3.8, 4) is 0 Å². The molecule has 2 N–H and O–H groups in total. The van der Waals surface area contributed by atoms with Crippen LogP contribution in [0.15, 0.2) is 24.3 Å². The Hall–Kier alpha value is -1.59. The van der Waals surface area contributed by atoms with E-state index in [9.17, 15) is 14.8 Å². The molecule has 0 fully saturated rings. The number of aryl methyl sites for hydroxylation is 1. The molecule has 0 amide bonds. The number of aromatic nitrogens is 1. The maximum Gasteiger partial charge on any atom is 0.505 e. The van der Waals surface area contributed by atoms with Gasteiger partial charge in [-0.25, -0.2) is 0 Å². The van der Waals surface area contributed by atoms with Crippen molar-refractivity contribution in [1.82, 2.24) is 4.57 Å². The van der Waals surface area contributed by atoms with Gasteiger partial charge in [-0.2, -0.15) is 0 Å². The van der Waals surface area contributed by atoms with Gasteiger partial charge in [0, 0.05) is 29.1 Å². The van der Waals surface area contributed by atoms with Gasteiger partial charge in [-0.15, -0.1) is 0 Å². The molecular formula is C11H12BNO3. The van der Waals surface area contributed by atoms with Crippen molar-refractivity contribution >= 4 is 29.4 Å². The van der Waals surface area contributed by atoms with Crippen molar-refractivity contribution in [3.05, 3.63) is 29.8 Å². The average molecular weight is 217 g/mol. The molecular weight excluding hydrogens is 205 g/mol. The van der Waals surface area contributed by atoms with Crippen molar-refractivity contribution in [2.45, 2.75) is 6.92 Å². The maximum absolute atomic E-state index is 11.4. The van der Waals surface area contributed by atoms with Crippen LogP contribution in [0.25, 0.3) is 10.9 Å². The van der Waals surface area contributed by atoms with Crippen LogP contribution in [0.3, 0.4) is 0 Å². The Morgan fingerprint density at radius 3 is 2.62 bits per heavy atom. The Bertz CT molecular complexity index is 560. The Kier molecular flexibility index (Phi) is 2.57. The van der Waals surface area contributed by atoms with E-state index in [1.54, 1.807) is 29.8 Å². The lowest BCUT2D eigenvalue weighted by Gasteiger charge is -2.02. The summed E-state index contributed by atoms with van der Waals surface area (Å²) < 4.78 is 1.67. The highest BCUT2D eigenvalue weighted by Gasteiger charge is 2.19. The zero-order valence-corrected chi connectivity index (χ0v) is 9.14. The first-order chi connectivity index (χ1) is 7.52. The zero-order chi connectivity index (χ0) is 11.9. The first-order valence-electron chi connectivity index (χ1n) is 4.97. The molecule has 0 atom stereocenters. The normalized spacial score (nSPS) is 10.8. The molecule has 1 aromatic heterocycles. The number of hydrogen-bond acceptors (Lipinski definition) is 3. The van der Waals surface area contributed by atoms with E-state index < -0.39 is 7.12 Å². The van der Waals surface area contributed by atoms with Gasteiger partial charge < -0.3 is 14.6 Å². The van der Waals surface area contributed by atoms with Gasteiger partial charge in [-0.05, 0) is 19.1 Å². The van der Waals surface area contributed by atoms with Crippen LogP contribution in [-0.4, -0.2) is 27.5 Å². The molecule has 1 aromatic carbocycles. The number of rotatable bonds is 2. The number of carbonyl (C=O) groups is 1. The molecule has 0 aliphatic rings. The van der Waals surface area contributed by atoms with Gasteiger partial charge in [0.25, 0.3) is 0 Å². The molecule has 16 heavy (non-hydrogen) atoms. The van der Waals surface area contributed by atoms with Gasteiger partial charge in [0.2, 0.25) is 0 Å². The number of carbonyl (C=O) groups excluding carboxylic acids is 1. The monoisotopic (exact) mass is 217 g/mol. The summed E-state index contributed by atoms with van der Waals surface area (Å²) in [7, 11) is 0.207. The molecule has 0 bridgehead atoms. The largest absolute Gasteiger partial charge is 0.505 e. The van der Waals surface area contributed by atoms with Gasteiger partial charge in [0.1, 0.15) is 0 Å². The number of fused-ring (bicyclic) bond motifs is 1. The van der Waals surface area contributed by atoms with Crippen LogP contribution in [0.4, 0.5) is 0 Å². The van der Waals surface area contributed by atoms with E-state index in [1.807, 2.05) is 6.07 Å². The molecule has 5 heteroatoms. The van der Waals surface area contributed by atoms with Crippen molar-refractivity contribution in [2.75, 3.05) is 0 Å². The number of ketones is 1. The predicted molar refractivity (Wildman–Crippen MR) is 62.7 cm³/mol. The minimum absolute atomic E-state index is 0.0322. The highest BCUT2D eigenvalue weighted by Crippen LogP contribution is 2.18. The van der Waals surface area contributed by atoms with Gasteiger partial charge in [-0.1, -0.05) is 12.1 Å². The third-order valence-electron chi connectivity index (χ3n) is 2.77. The number of benzene rings is 1. The third-order valence-corrected chi connectivity index (χ3v) is 2.77. The molecule has 0 spiro atoms. The summed E-state index contributed by atoms with van der Waals surface area (Å²) in [4.78, 5) is 11.4. The molecule has 0 aliphatic carbocycles. The van der Waals surface area contributed by atoms with Crippen LogP contribution in [-0.2, 0) is 7.05 Å². The maximum atomic E-state index is 11.4. The fraction of sp³-hybridized carbons (Fsp3) is 0.182. The van der Waals surface area contributed by atoms with Crippen LogP contribution in [0.1, 0.15) is 17.3 Å². The Morgan fingerprint density at radius 1 is 1.38 bits per heavy atom. The molecule has 82 valence electrons. The highest BCUT2D eigenvalue weighted by molar-refractivity contribution is 6.58. The molecule has 2 rings (SSSR count). The van der Waals surface area contributed by atoms with Crippen LogP contribution in [0.2, 0.25) is 0 Å². The second-order valence-electron chi connectivity index (χ2n) is 3.80. The lowest BCUT2D eigenvalue weighted by molar-refractivity contribution is 0.101. The SMILES string of the molecule is CC(=O)c1cccc2c1cc(B(O)O)n2C. The van der Waals surface area contributed by atoms with E-state index >= 15 is 0 Å². The minimum Gasteiger partial charge on any atom is -0.422 e. The molecule has 0 aliphatic heterocycles. The van der Waals surface area contributed by atoms with E-state index in [1.165, 1.54) is 6.92 Å². The minimum atomic E-state index is -1.53. The first-order valence-corrected chi connectivity index (χ1v) is 4.97. The van der Waals surface area contributed by atoms with Crippen molar-refractivity contribution in [3.63, 3.8) is 0 Å². The Morgan fingerprint density at radius 2 is 2.06 bits per heavy atom.